The van der Waals surface area contributed by atoms with E-state index in [-0.39, 0.29) is 0 Å². The minimum atomic E-state index is 0.578. The summed E-state index contributed by atoms with van der Waals surface area (Å²) in [5.74, 6) is 1.16. The molecule has 2 aliphatic carbocycles. The molecule has 1 heteroatoms. The van der Waals surface area contributed by atoms with Crippen molar-refractivity contribution in [3.8, 4) is 11.1 Å². The molecular formula is C61H67N. The van der Waals surface area contributed by atoms with Crippen molar-refractivity contribution in [2.24, 2.45) is 11.8 Å². The summed E-state index contributed by atoms with van der Waals surface area (Å²) in [6, 6.07) is 48.3. The molecule has 0 saturated carbocycles. The van der Waals surface area contributed by atoms with Crippen LogP contribution in [0, 0.1) is 11.8 Å². The van der Waals surface area contributed by atoms with E-state index in [1.54, 1.807) is 0 Å². The smallest absolute Gasteiger partial charge is 0.0384 e. The summed E-state index contributed by atoms with van der Waals surface area (Å²) >= 11 is 0. The summed E-state index contributed by atoms with van der Waals surface area (Å²) in [6.45, 7) is 16.6. The SMILES string of the molecule is C=C(C)c1ccc(-c2ccccc2)cc1.C=C/C(=C\C=C/C)c1ccc(/C(=C/C(CCC)C2C=CC(C3=CCCC=C3)=CC2)CCC)cc1.c1ccc(Nc2ccccc2)cc1. The van der Waals surface area contributed by atoms with Crippen LogP contribution in [0.3, 0.4) is 0 Å². The maximum absolute atomic E-state index is 3.99. The number of rotatable bonds is 15. The molecule has 0 heterocycles. The van der Waals surface area contributed by atoms with Crippen molar-refractivity contribution in [1.82, 2.24) is 0 Å². The molecule has 7 rings (SSSR count). The van der Waals surface area contributed by atoms with Crippen LogP contribution in [0.25, 0.3) is 27.8 Å². The van der Waals surface area contributed by atoms with Gasteiger partial charge in [-0.25, -0.2) is 0 Å². The molecule has 1 N–H and O–H groups in total. The topological polar surface area (TPSA) is 12.0 Å². The van der Waals surface area contributed by atoms with Crippen molar-refractivity contribution < 1.29 is 0 Å². The molecule has 0 amide bonds. The molecule has 0 spiro atoms. The number of hydrogen-bond donors (Lipinski definition) is 1. The van der Waals surface area contributed by atoms with Crippen molar-refractivity contribution >= 4 is 28.1 Å². The van der Waals surface area contributed by atoms with Crippen molar-refractivity contribution in [3.63, 3.8) is 0 Å². The number of nitrogens with one attached hydrogen (secondary N) is 1. The van der Waals surface area contributed by atoms with Gasteiger partial charge in [0, 0.05) is 11.4 Å². The zero-order valence-corrected chi connectivity index (χ0v) is 37.6. The van der Waals surface area contributed by atoms with Crippen molar-refractivity contribution in [1.29, 1.82) is 0 Å². The number of benzene rings is 5. The van der Waals surface area contributed by atoms with Gasteiger partial charge in [-0.15, -0.1) is 0 Å². The van der Waals surface area contributed by atoms with E-state index < -0.39 is 0 Å². The summed E-state index contributed by atoms with van der Waals surface area (Å²) in [5.41, 5.74) is 15.1. The minimum Gasteiger partial charge on any atom is -0.356 e. The molecule has 62 heavy (non-hydrogen) atoms. The quantitative estimate of drug-likeness (QED) is 0.104. The zero-order valence-electron chi connectivity index (χ0n) is 37.6. The van der Waals surface area contributed by atoms with Crippen LogP contribution in [-0.4, -0.2) is 0 Å². The van der Waals surface area contributed by atoms with Crippen LogP contribution in [0.2, 0.25) is 0 Å². The summed E-state index contributed by atoms with van der Waals surface area (Å²) < 4.78 is 0. The Hall–Kier alpha value is -6.44. The van der Waals surface area contributed by atoms with E-state index in [2.05, 4.69) is 166 Å². The molecule has 0 aliphatic heterocycles. The third-order valence-corrected chi connectivity index (χ3v) is 11.2. The lowest BCUT2D eigenvalue weighted by molar-refractivity contribution is 0.441. The number of hydrogen-bond acceptors (Lipinski definition) is 1. The largest absolute Gasteiger partial charge is 0.356 e. The van der Waals surface area contributed by atoms with Crippen LogP contribution in [0.4, 0.5) is 11.4 Å². The van der Waals surface area contributed by atoms with E-state index in [0.717, 1.165) is 41.8 Å². The Morgan fingerprint density at radius 2 is 1.26 bits per heavy atom. The lowest BCUT2D eigenvalue weighted by Gasteiger charge is -2.25. The third kappa shape index (κ3) is 14.9. The Morgan fingerprint density at radius 3 is 1.77 bits per heavy atom. The predicted octanol–water partition coefficient (Wildman–Crippen LogP) is 18.0. The first-order valence-electron chi connectivity index (χ1n) is 22.6. The summed E-state index contributed by atoms with van der Waals surface area (Å²) in [5, 5.41) is 3.30. The van der Waals surface area contributed by atoms with Crippen LogP contribution >= 0.6 is 0 Å². The lowest BCUT2D eigenvalue weighted by atomic mass is 9.79. The first-order chi connectivity index (χ1) is 30.4. The molecule has 0 radical (unpaired) electrons. The molecule has 5 aromatic carbocycles. The number of para-hydroxylation sites is 2. The van der Waals surface area contributed by atoms with E-state index in [0.29, 0.717) is 11.8 Å². The van der Waals surface area contributed by atoms with E-state index in [1.807, 2.05) is 86.7 Å². The van der Waals surface area contributed by atoms with Crippen molar-refractivity contribution in [2.45, 2.75) is 72.6 Å². The maximum atomic E-state index is 3.99. The van der Waals surface area contributed by atoms with Crippen molar-refractivity contribution in [2.75, 3.05) is 5.32 Å². The van der Waals surface area contributed by atoms with E-state index in [4.69, 9.17) is 0 Å². The van der Waals surface area contributed by atoms with Gasteiger partial charge >= 0.3 is 0 Å². The fraction of sp³-hybridized carbons (Fsp3) is 0.213. The molecule has 0 fully saturated rings. The maximum Gasteiger partial charge on any atom is 0.0384 e. The standard InChI is InChI=1S/C34H42.C15H14.C12H11N/c1-5-9-15-27(8-4)29-18-22-31(23-19-29)33(13-6-2)26-34(14-7-3)32-24-20-30(21-25-32)28-16-11-10-12-17-28;1-12(2)13-8-10-15(11-9-13)14-6-4-3-5-7-14;1-3-7-11(8-4-1)13-12-9-5-2-6-10-12/h5,8-9,11,15-24,26,32,34H,4,6-7,10,12-14,25H2,1-3H3;3-11H,1H2,2H3;1-10,13H/b9-5-,27-15+,33-26+;;. The van der Waals surface area contributed by atoms with Crippen LogP contribution in [0.15, 0.2) is 231 Å². The fourth-order valence-electron chi connectivity index (χ4n) is 7.75. The van der Waals surface area contributed by atoms with E-state index in [9.17, 15) is 0 Å². The highest BCUT2D eigenvalue weighted by Crippen LogP contribution is 2.35. The third-order valence-electron chi connectivity index (χ3n) is 11.2. The average molecular weight is 814 g/mol. The second-order valence-electron chi connectivity index (χ2n) is 16.0. The molecule has 0 aromatic heterocycles. The summed E-state index contributed by atoms with van der Waals surface area (Å²) in [6.07, 6.45) is 33.3. The molecule has 2 atom stereocenters. The average Bonchev–Trinajstić information content (AvgIpc) is 3.33. The normalized spacial score (nSPS) is 15.3. The van der Waals surface area contributed by atoms with Crippen LogP contribution < -0.4 is 5.32 Å². The minimum absolute atomic E-state index is 0.578. The predicted molar refractivity (Wildman–Crippen MR) is 275 cm³/mol. The van der Waals surface area contributed by atoms with Gasteiger partial charge in [-0.3, -0.25) is 0 Å². The van der Waals surface area contributed by atoms with Gasteiger partial charge in [-0.1, -0.05) is 228 Å². The Labute approximate surface area is 374 Å². The Bertz CT molecular complexity index is 2290. The fourth-order valence-corrected chi connectivity index (χ4v) is 7.75. The van der Waals surface area contributed by atoms with Gasteiger partial charge in [-0.2, -0.15) is 0 Å². The van der Waals surface area contributed by atoms with E-state index in [1.165, 1.54) is 70.2 Å². The van der Waals surface area contributed by atoms with Crippen LogP contribution in [0.5, 0.6) is 0 Å². The molecular weight excluding hydrogens is 747 g/mol. The summed E-state index contributed by atoms with van der Waals surface area (Å²) in [4.78, 5) is 0. The van der Waals surface area contributed by atoms with Crippen molar-refractivity contribution in [3.05, 3.63) is 247 Å². The molecule has 2 unspecified atom stereocenters. The summed E-state index contributed by atoms with van der Waals surface area (Å²) in [7, 11) is 0. The zero-order chi connectivity index (χ0) is 43.8. The van der Waals surface area contributed by atoms with E-state index >= 15 is 0 Å². The van der Waals surface area contributed by atoms with Gasteiger partial charge in [-0.05, 0) is 132 Å². The van der Waals surface area contributed by atoms with Gasteiger partial charge in [0.05, 0.1) is 0 Å². The first kappa shape index (κ1) is 46.6. The molecule has 0 bridgehead atoms. The lowest BCUT2D eigenvalue weighted by Crippen LogP contribution is -2.13. The Kier molecular flexibility index (Phi) is 19.6. The highest BCUT2D eigenvalue weighted by Gasteiger charge is 2.20. The second kappa shape index (κ2) is 26.0. The van der Waals surface area contributed by atoms with Gasteiger partial charge in [0.1, 0.15) is 0 Å². The van der Waals surface area contributed by atoms with Gasteiger partial charge in [0.25, 0.3) is 0 Å². The molecule has 316 valence electrons. The van der Waals surface area contributed by atoms with Crippen LogP contribution in [0.1, 0.15) is 89.3 Å². The molecule has 0 saturated heterocycles. The Morgan fingerprint density at radius 1 is 0.677 bits per heavy atom. The van der Waals surface area contributed by atoms with Gasteiger partial charge in [0.15, 0.2) is 0 Å². The van der Waals surface area contributed by atoms with Crippen LogP contribution in [-0.2, 0) is 0 Å². The molecule has 5 aromatic rings. The van der Waals surface area contributed by atoms with Gasteiger partial charge in [0.2, 0.25) is 0 Å². The monoisotopic (exact) mass is 814 g/mol. The molecule has 1 nitrogen and oxygen atoms in total. The highest BCUT2D eigenvalue weighted by atomic mass is 14.9. The molecule has 2 aliphatic rings. The van der Waals surface area contributed by atoms with Gasteiger partial charge < -0.3 is 5.32 Å². The Balaban J connectivity index is 0.000000210. The number of allylic oxidation sites excluding steroid dienone is 16. The first-order valence-corrected chi connectivity index (χ1v) is 22.6. The number of anilines is 2. The second-order valence-corrected chi connectivity index (χ2v) is 16.0. The highest BCUT2D eigenvalue weighted by molar-refractivity contribution is 5.76.